The standard InChI is InChI=1S/C16H19ClOS/c1-18-15-5-2-4-13(11-15)10-14(12-17)7-8-16-6-3-9-19-16/h2-6,9,11,14H,7-8,10,12H2,1H3. The van der Waals surface area contributed by atoms with Crippen LogP contribution >= 0.6 is 22.9 Å². The maximum atomic E-state index is 6.10. The summed E-state index contributed by atoms with van der Waals surface area (Å²) in [6.07, 6.45) is 3.28. The van der Waals surface area contributed by atoms with Crippen molar-refractivity contribution in [3.63, 3.8) is 0 Å². The van der Waals surface area contributed by atoms with Gasteiger partial charge in [0.05, 0.1) is 7.11 Å². The largest absolute Gasteiger partial charge is 0.497 e. The molecule has 0 amide bonds. The summed E-state index contributed by atoms with van der Waals surface area (Å²) in [5, 5.41) is 2.13. The lowest BCUT2D eigenvalue weighted by Crippen LogP contribution is -2.07. The summed E-state index contributed by atoms with van der Waals surface area (Å²) in [6, 6.07) is 12.6. The minimum absolute atomic E-state index is 0.524. The molecule has 3 heteroatoms. The number of benzene rings is 1. The second-order valence-corrected chi connectivity index (χ2v) is 6.03. The van der Waals surface area contributed by atoms with Gasteiger partial charge in [-0.15, -0.1) is 22.9 Å². The third-order valence-corrected chi connectivity index (χ3v) is 4.63. The Morgan fingerprint density at radius 3 is 2.84 bits per heavy atom. The van der Waals surface area contributed by atoms with Gasteiger partial charge < -0.3 is 4.74 Å². The summed E-state index contributed by atoms with van der Waals surface area (Å²) < 4.78 is 5.26. The van der Waals surface area contributed by atoms with Crippen molar-refractivity contribution in [3.8, 4) is 5.75 Å². The Labute approximate surface area is 124 Å². The number of methoxy groups -OCH3 is 1. The number of halogens is 1. The Morgan fingerprint density at radius 1 is 1.26 bits per heavy atom. The summed E-state index contributed by atoms with van der Waals surface area (Å²) in [6.45, 7) is 0. The smallest absolute Gasteiger partial charge is 0.119 e. The van der Waals surface area contributed by atoms with E-state index in [9.17, 15) is 0 Å². The zero-order chi connectivity index (χ0) is 13.5. The van der Waals surface area contributed by atoms with Gasteiger partial charge in [-0.2, -0.15) is 0 Å². The average molecular weight is 295 g/mol. The molecule has 1 unspecified atom stereocenters. The van der Waals surface area contributed by atoms with E-state index >= 15 is 0 Å². The first-order valence-electron chi connectivity index (χ1n) is 6.53. The first-order chi connectivity index (χ1) is 9.31. The summed E-state index contributed by atoms with van der Waals surface area (Å²) in [7, 11) is 1.70. The lowest BCUT2D eigenvalue weighted by molar-refractivity contribution is 0.413. The molecule has 0 aliphatic rings. The topological polar surface area (TPSA) is 9.23 Å². The molecule has 0 bridgehead atoms. The van der Waals surface area contributed by atoms with Gasteiger partial charge in [-0.3, -0.25) is 0 Å². The Morgan fingerprint density at radius 2 is 2.16 bits per heavy atom. The Balaban J connectivity index is 1.90. The molecule has 0 fully saturated rings. The quantitative estimate of drug-likeness (QED) is 0.667. The maximum absolute atomic E-state index is 6.10. The van der Waals surface area contributed by atoms with Crippen LogP contribution in [-0.4, -0.2) is 13.0 Å². The van der Waals surface area contributed by atoms with Crippen molar-refractivity contribution in [2.24, 2.45) is 5.92 Å². The molecule has 0 N–H and O–H groups in total. The molecule has 0 saturated heterocycles. The number of thiophene rings is 1. The molecular formula is C16H19ClOS. The molecule has 1 heterocycles. The molecule has 2 aromatic rings. The van der Waals surface area contributed by atoms with E-state index in [1.807, 2.05) is 23.5 Å². The van der Waals surface area contributed by atoms with Crippen molar-refractivity contribution >= 4 is 22.9 Å². The van der Waals surface area contributed by atoms with Gasteiger partial charge >= 0.3 is 0 Å². The number of ether oxygens (including phenoxy) is 1. The molecule has 102 valence electrons. The van der Waals surface area contributed by atoms with Gasteiger partial charge in [-0.1, -0.05) is 18.2 Å². The van der Waals surface area contributed by atoms with Crippen LogP contribution in [0.1, 0.15) is 16.9 Å². The summed E-state index contributed by atoms with van der Waals surface area (Å²) in [5.74, 6) is 2.16. The number of hydrogen-bond acceptors (Lipinski definition) is 2. The average Bonchev–Trinajstić information content (AvgIpc) is 2.97. The summed E-state index contributed by atoms with van der Waals surface area (Å²) >= 11 is 7.93. The van der Waals surface area contributed by atoms with Gasteiger partial charge in [0, 0.05) is 10.8 Å². The molecule has 1 aromatic heterocycles. The monoisotopic (exact) mass is 294 g/mol. The van der Waals surface area contributed by atoms with Crippen LogP contribution in [0.2, 0.25) is 0 Å². The van der Waals surface area contributed by atoms with E-state index < -0.39 is 0 Å². The van der Waals surface area contributed by atoms with Gasteiger partial charge in [0.15, 0.2) is 0 Å². The molecule has 1 aromatic carbocycles. The van der Waals surface area contributed by atoms with Crippen LogP contribution in [0.4, 0.5) is 0 Å². The molecule has 0 aliphatic carbocycles. The number of alkyl halides is 1. The molecule has 0 radical (unpaired) electrons. The highest BCUT2D eigenvalue weighted by molar-refractivity contribution is 7.09. The fourth-order valence-corrected chi connectivity index (χ4v) is 3.16. The second-order valence-electron chi connectivity index (χ2n) is 4.69. The first kappa shape index (κ1) is 14.4. The summed E-state index contributed by atoms with van der Waals surface area (Å²) in [5.41, 5.74) is 1.30. The van der Waals surface area contributed by atoms with Crippen molar-refractivity contribution in [1.29, 1.82) is 0 Å². The van der Waals surface area contributed by atoms with Crippen LogP contribution in [0.15, 0.2) is 41.8 Å². The molecule has 19 heavy (non-hydrogen) atoms. The van der Waals surface area contributed by atoms with Crippen LogP contribution in [0.25, 0.3) is 0 Å². The lowest BCUT2D eigenvalue weighted by Gasteiger charge is -2.14. The highest BCUT2D eigenvalue weighted by Crippen LogP contribution is 2.21. The van der Waals surface area contributed by atoms with Gasteiger partial charge in [-0.25, -0.2) is 0 Å². The minimum Gasteiger partial charge on any atom is -0.497 e. The van der Waals surface area contributed by atoms with Crippen molar-refractivity contribution in [2.45, 2.75) is 19.3 Å². The molecule has 1 atom stereocenters. The zero-order valence-electron chi connectivity index (χ0n) is 11.1. The molecule has 0 saturated carbocycles. The molecule has 0 aliphatic heterocycles. The summed E-state index contributed by atoms with van der Waals surface area (Å²) in [4.78, 5) is 1.45. The predicted octanol–water partition coefficient (Wildman–Crippen LogP) is 4.79. The van der Waals surface area contributed by atoms with E-state index in [1.165, 1.54) is 10.4 Å². The van der Waals surface area contributed by atoms with Gasteiger partial charge in [-0.05, 0) is 54.3 Å². The third-order valence-electron chi connectivity index (χ3n) is 3.26. The molecule has 2 rings (SSSR count). The van der Waals surface area contributed by atoms with E-state index in [4.69, 9.17) is 16.3 Å². The third kappa shape index (κ3) is 4.55. The lowest BCUT2D eigenvalue weighted by atomic mass is 9.96. The highest BCUT2D eigenvalue weighted by Gasteiger charge is 2.10. The first-order valence-corrected chi connectivity index (χ1v) is 7.94. The number of rotatable bonds is 7. The Hall–Kier alpha value is -0.990. The molecule has 1 nitrogen and oxygen atoms in total. The normalized spacial score (nSPS) is 12.3. The Kier molecular flexibility index (Phi) is 5.74. The van der Waals surface area contributed by atoms with Crippen LogP contribution in [0.3, 0.4) is 0 Å². The van der Waals surface area contributed by atoms with Gasteiger partial charge in [0.1, 0.15) is 5.75 Å². The van der Waals surface area contributed by atoms with Crippen LogP contribution in [0.5, 0.6) is 5.75 Å². The maximum Gasteiger partial charge on any atom is 0.119 e. The number of hydrogen-bond donors (Lipinski definition) is 0. The van der Waals surface area contributed by atoms with Crippen LogP contribution in [0, 0.1) is 5.92 Å². The van der Waals surface area contributed by atoms with E-state index in [-0.39, 0.29) is 0 Å². The van der Waals surface area contributed by atoms with Gasteiger partial charge in [0.25, 0.3) is 0 Å². The van der Waals surface area contributed by atoms with E-state index in [0.717, 1.165) is 25.0 Å². The van der Waals surface area contributed by atoms with Crippen LogP contribution < -0.4 is 4.74 Å². The van der Waals surface area contributed by atoms with Crippen molar-refractivity contribution in [3.05, 3.63) is 52.2 Å². The Bertz CT molecular complexity index is 481. The fraction of sp³-hybridized carbons (Fsp3) is 0.375. The van der Waals surface area contributed by atoms with Crippen LogP contribution in [-0.2, 0) is 12.8 Å². The van der Waals surface area contributed by atoms with E-state index in [1.54, 1.807) is 7.11 Å². The van der Waals surface area contributed by atoms with Crippen molar-refractivity contribution in [1.82, 2.24) is 0 Å². The predicted molar refractivity (Wildman–Crippen MR) is 83.5 cm³/mol. The highest BCUT2D eigenvalue weighted by atomic mass is 35.5. The minimum atomic E-state index is 0.524. The molecule has 0 spiro atoms. The second kappa shape index (κ2) is 7.56. The van der Waals surface area contributed by atoms with E-state index in [2.05, 4.69) is 29.6 Å². The zero-order valence-corrected chi connectivity index (χ0v) is 12.7. The van der Waals surface area contributed by atoms with Crippen molar-refractivity contribution < 1.29 is 4.74 Å². The SMILES string of the molecule is COc1cccc(CC(CCl)CCc2cccs2)c1. The fourth-order valence-electron chi connectivity index (χ4n) is 2.17. The van der Waals surface area contributed by atoms with Gasteiger partial charge in [0.2, 0.25) is 0 Å². The van der Waals surface area contributed by atoms with Crippen molar-refractivity contribution in [2.75, 3.05) is 13.0 Å². The molecular weight excluding hydrogens is 276 g/mol. The van der Waals surface area contributed by atoms with E-state index in [0.29, 0.717) is 11.8 Å². The number of aryl methyl sites for hydroxylation is 1.